The van der Waals surface area contributed by atoms with Crippen molar-refractivity contribution in [3.8, 4) is 11.5 Å². The normalized spacial score (nSPS) is 10.6. The molecule has 1 aromatic heterocycles. The molecule has 0 atom stereocenters. The van der Waals surface area contributed by atoms with Gasteiger partial charge in [-0.05, 0) is 54.8 Å². The van der Waals surface area contributed by atoms with E-state index >= 15 is 0 Å². The van der Waals surface area contributed by atoms with Crippen LogP contribution in [0.15, 0.2) is 48.7 Å². The van der Waals surface area contributed by atoms with Crippen molar-refractivity contribution in [2.45, 2.75) is 46.0 Å². The highest BCUT2D eigenvalue weighted by Crippen LogP contribution is 2.33. The molecule has 3 rings (SSSR count). The second kappa shape index (κ2) is 9.14. The van der Waals surface area contributed by atoms with Gasteiger partial charge in [0.2, 0.25) is 0 Å². The summed E-state index contributed by atoms with van der Waals surface area (Å²) in [4.78, 5) is 20.0. The lowest BCUT2D eigenvalue weighted by atomic mass is 10.0. The fourth-order valence-electron chi connectivity index (χ4n) is 3.16. The summed E-state index contributed by atoms with van der Waals surface area (Å²) in [6, 6.07) is 13.2. The van der Waals surface area contributed by atoms with Crippen molar-refractivity contribution in [3.05, 3.63) is 71.2 Å². The third-order valence-corrected chi connectivity index (χ3v) is 4.75. The summed E-state index contributed by atoms with van der Waals surface area (Å²) < 4.78 is 6.04. The number of hydrogen-bond acceptors (Lipinski definition) is 3. The lowest BCUT2D eigenvalue weighted by Crippen LogP contribution is -2.02. The molecule has 0 spiro atoms. The van der Waals surface area contributed by atoms with E-state index in [9.17, 15) is 4.79 Å². The van der Waals surface area contributed by atoms with Crippen LogP contribution in [0.3, 0.4) is 0 Å². The Bertz CT molecular complexity index is 1020. The molecule has 2 aromatic carbocycles. The highest BCUT2D eigenvalue weighted by molar-refractivity contribution is 5.89. The van der Waals surface area contributed by atoms with Gasteiger partial charge in [0.25, 0.3) is 0 Å². The molecule has 0 aliphatic rings. The fraction of sp³-hybridized carbons (Fsp3) is 0.292. The molecule has 28 heavy (non-hydrogen) atoms. The molecule has 0 bridgehead atoms. The molecule has 0 amide bonds. The number of unbranched alkanes of at least 4 members (excludes halogenated alkanes) is 2. The number of Topliss-reactive ketones (excluding diaryl/α,β-unsaturated/α-hetero) is 1. The van der Waals surface area contributed by atoms with Gasteiger partial charge < -0.3 is 4.74 Å². The second-order valence-corrected chi connectivity index (χ2v) is 7.00. The van der Waals surface area contributed by atoms with Gasteiger partial charge in [0, 0.05) is 24.4 Å². The van der Waals surface area contributed by atoms with Crippen LogP contribution in [0.25, 0.3) is 15.7 Å². The Balaban J connectivity index is 1.74. The van der Waals surface area contributed by atoms with E-state index in [2.05, 4.69) is 16.8 Å². The second-order valence-electron chi connectivity index (χ2n) is 7.00. The number of benzene rings is 2. The summed E-state index contributed by atoms with van der Waals surface area (Å²) in [7, 11) is 0. The number of carbonyl (C=O) groups is 1. The van der Waals surface area contributed by atoms with Crippen LogP contribution in [0, 0.1) is 13.5 Å². The van der Waals surface area contributed by atoms with Crippen molar-refractivity contribution in [2.75, 3.05) is 0 Å². The maximum absolute atomic E-state index is 12.0. The Morgan fingerprint density at radius 1 is 1.14 bits per heavy atom. The number of fused-ring (bicyclic) bond motifs is 1. The molecule has 0 aliphatic heterocycles. The molecule has 0 saturated carbocycles. The van der Waals surface area contributed by atoms with Crippen LogP contribution in [0.5, 0.6) is 11.5 Å². The number of ether oxygens (including phenoxy) is 1. The molecule has 142 valence electrons. The zero-order valence-electron chi connectivity index (χ0n) is 16.4. The first-order chi connectivity index (χ1) is 13.6. The quantitative estimate of drug-likeness (QED) is 0.331. The van der Waals surface area contributed by atoms with Crippen molar-refractivity contribution >= 4 is 22.4 Å². The topological polar surface area (TPSA) is 43.5 Å². The SMILES string of the molecule is [C-]#[N+]c1cc2c(Oc3ccc(CC(=O)CCCCC)cc3)ccnc2cc1C. The molecule has 0 N–H and O–H groups in total. The molecule has 3 aromatic rings. The van der Waals surface area contributed by atoms with Gasteiger partial charge in [-0.3, -0.25) is 9.78 Å². The Morgan fingerprint density at radius 3 is 2.64 bits per heavy atom. The zero-order valence-corrected chi connectivity index (χ0v) is 16.4. The van der Waals surface area contributed by atoms with Crippen LogP contribution < -0.4 is 4.74 Å². The van der Waals surface area contributed by atoms with Gasteiger partial charge in [-0.2, -0.15) is 0 Å². The van der Waals surface area contributed by atoms with Gasteiger partial charge in [-0.25, -0.2) is 4.85 Å². The van der Waals surface area contributed by atoms with E-state index in [1.807, 2.05) is 43.3 Å². The third kappa shape index (κ3) is 4.75. The number of pyridine rings is 1. The summed E-state index contributed by atoms with van der Waals surface area (Å²) >= 11 is 0. The molecule has 0 saturated heterocycles. The van der Waals surface area contributed by atoms with Crippen molar-refractivity contribution < 1.29 is 9.53 Å². The molecule has 0 fully saturated rings. The van der Waals surface area contributed by atoms with Crippen LogP contribution in [-0.2, 0) is 11.2 Å². The first-order valence-corrected chi connectivity index (χ1v) is 9.66. The van der Waals surface area contributed by atoms with E-state index < -0.39 is 0 Å². The fourth-order valence-corrected chi connectivity index (χ4v) is 3.16. The van der Waals surface area contributed by atoms with Crippen LogP contribution in [0.4, 0.5) is 5.69 Å². The van der Waals surface area contributed by atoms with E-state index in [1.54, 1.807) is 12.3 Å². The standard InChI is InChI=1S/C24H24N2O2/c1-4-5-6-7-19(27)15-18-8-10-20(11-9-18)28-24-12-13-26-23-14-17(2)22(25-3)16-21(23)24/h8-14,16H,4-7,15H2,1-2H3. The summed E-state index contributed by atoms with van der Waals surface area (Å²) in [6.45, 7) is 11.4. The number of aromatic nitrogens is 1. The minimum Gasteiger partial charge on any atom is -0.457 e. The lowest BCUT2D eigenvalue weighted by Gasteiger charge is -2.10. The number of aryl methyl sites for hydroxylation is 1. The number of nitrogens with zero attached hydrogens (tertiary/aromatic N) is 2. The van der Waals surface area contributed by atoms with Crippen LogP contribution >= 0.6 is 0 Å². The average molecular weight is 372 g/mol. The Morgan fingerprint density at radius 2 is 1.93 bits per heavy atom. The average Bonchev–Trinajstić information content (AvgIpc) is 2.69. The van der Waals surface area contributed by atoms with E-state index in [0.717, 1.165) is 41.3 Å². The number of hydrogen-bond donors (Lipinski definition) is 0. The molecule has 4 heteroatoms. The number of ketones is 1. The van der Waals surface area contributed by atoms with Crippen LogP contribution in [0.2, 0.25) is 0 Å². The van der Waals surface area contributed by atoms with E-state index in [-0.39, 0.29) is 5.78 Å². The molecule has 0 unspecified atom stereocenters. The Kier molecular flexibility index (Phi) is 6.39. The molecule has 4 nitrogen and oxygen atoms in total. The maximum Gasteiger partial charge on any atom is 0.191 e. The smallest absolute Gasteiger partial charge is 0.191 e. The summed E-state index contributed by atoms with van der Waals surface area (Å²) in [5.74, 6) is 1.64. The van der Waals surface area contributed by atoms with Gasteiger partial charge >= 0.3 is 0 Å². The van der Waals surface area contributed by atoms with Crippen molar-refractivity contribution in [1.29, 1.82) is 0 Å². The maximum atomic E-state index is 12.0. The van der Waals surface area contributed by atoms with Crippen LogP contribution in [-0.4, -0.2) is 10.8 Å². The molecular weight excluding hydrogens is 348 g/mol. The van der Waals surface area contributed by atoms with Crippen molar-refractivity contribution in [3.63, 3.8) is 0 Å². The predicted octanol–water partition coefficient (Wildman–Crippen LogP) is 6.58. The highest BCUT2D eigenvalue weighted by Gasteiger charge is 2.09. The largest absolute Gasteiger partial charge is 0.457 e. The monoisotopic (exact) mass is 372 g/mol. The predicted molar refractivity (Wildman–Crippen MR) is 112 cm³/mol. The third-order valence-electron chi connectivity index (χ3n) is 4.75. The van der Waals surface area contributed by atoms with E-state index in [0.29, 0.717) is 30.0 Å². The summed E-state index contributed by atoms with van der Waals surface area (Å²) in [5, 5.41) is 0.814. The Hall–Kier alpha value is -3.19. The molecule has 1 heterocycles. The van der Waals surface area contributed by atoms with Crippen LogP contribution in [0.1, 0.15) is 43.7 Å². The van der Waals surface area contributed by atoms with E-state index in [4.69, 9.17) is 11.3 Å². The van der Waals surface area contributed by atoms with Crippen molar-refractivity contribution in [1.82, 2.24) is 4.98 Å². The number of rotatable bonds is 8. The Labute approximate surface area is 166 Å². The van der Waals surface area contributed by atoms with E-state index in [1.165, 1.54) is 0 Å². The van der Waals surface area contributed by atoms with Gasteiger partial charge in [-0.15, -0.1) is 0 Å². The lowest BCUT2D eigenvalue weighted by molar-refractivity contribution is -0.118. The first-order valence-electron chi connectivity index (χ1n) is 9.66. The minimum absolute atomic E-state index is 0.282. The van der Waals surface area contributed by atoms with Gasteiger partial charge in [0.05, 0.1) is 12.1 Å². The van der Waals surface area contributed by atoms with Gasteiger partial charge in [0.15, 0.2) is 5.69 Å². The van der Waals surface area contributed by atoms with Gasteiger partial charge in [0.1, 0.15) is 17.3 Å². The molecule has 0 radical (unpaired) electrons. The first kappa shape index (κ1) is 19.6. The highest BCUT2D eigenvalue weighted by atomic mass is 16.5. The summed E-state index contributed by atoms with van der Waals surface area (Å²) in [5.41, 5.74) is 3.30. The van der Waals surface area contributed by atoms with Crippen molar-refractivity contribution in [2.24, 2.45) is 0 Å². The molecule has 0 aliphatic carbocycles. The van der Waals surface area contributed by atoms with Gasteiger partial charge in [-0.1, -0.05) is 31.9 Å². The summed E-state index contributed by atoms with van der Waals surface area (Å²) in [6.07, 6.45) is 6.02. The minimum atomic E-state index is 0.282. The number of carbonyl (C=O) groups excluding carboxylic acids is 1. The zero-order chi connectivity index (χ0) is 19.9. The molecular formula is C24H24N2O2.